The van der Waals surface area contributed by atoms with Gasteiger partial charge >= 0.3 is 0 Å². The van der Waals surface area contributed by atoms with Crippen molar-refractivity contribution in [2.75, 3.05) is 0 Å². The molecular formula is C20H18IrNO2-. The molecule has 125 valence electrons. The molecule has 1 radical (unpaired) electrons. The Hall–Kier alpha value is -2.29. The van der Waals surface area contributed by atoms with Gasteiger partial charge in [-0.25, -0.2) is 0 Å². The molecule has 0 amide bonds. The van der Waals surface area contributed by atoms with Crippen LogP contribution in [-0.2, 0) is 24.9 Å². The van der Waals surface area contributed by atoms with Crippen LogP contribution in [0.5, 0.6) is 0 Å². The molecule has 0 aromatic carbocycles. The predicted molar refractivity (Wildman–Crippen MR) is 92.2 cm³/mol. The molecule has 2 aliphatic rings. The maximum absolute atomic E-state index is 10.0. The first kappa shape index (κ1) is 19.8. The van der Waals surface area contributed by atoms with E-state index in [2.05, 4.69) is 23.2 Å². The SMILES string of the molecule is CC(=O)C=C(C)O.[Ir].[c-]1cc2cccccc-2c1-c1ccccn1. The molecule has 24 heavy (non-hydrogen) atoms. The van der Waals surface area contributed by atoms with Gasteiger partial charge in [0.05, 0.1) is 5.76 Å². The first-order valence-electron chi connectivity index (χ1n) is 7.26. The Labute approximate surface area is 155 Å². The van der Waals surface area contributed by atoms with Gasteiger partial charge in [-0.3, -0.25) is 4.79 Å². The summed E-state index contributed by atoms with van der Waals surface area (Å²) in [6, 6.07) is 21.5. The van der Waals surface area contributed by atoms with Crippen molar-refractivity contribution in [3.8, 4) is 22.4 Å². The van der Waals surface area contributed by atoms with E-state index >= 15 is 0 Å². The number of aliphatic hydroxyl groups is 1. The van der Waals surface area contributed by atoms with E-state index in [4.69, 9.17) is 5.11 Å². The molecular weight excluding hydrogens is 478 g/mol. The quantitative estimate of drug-likeness (QED) is 0.318. The summed E-state index contributed by atoms with van der Waals surface area (Å²) in [5, 5.41) is 8.36. The van der Waals surface area contributed by atoms with Crippen LogP contribution in [0.15, 0.2) is 72.6 Å². The van der Waals surface area contributed by atoms with Crippen LogP contribution in [0.1, 0.15) is 13.8 Å². The number of fused-ring (bicyclic) bond motifs is 1. The second-order valence-electron chi connectivity index (χ2n) is 5.05. The largest absolute Gasteiger partial charge is 0.512 e. The zero-order valence-electron chi connectivity index (χ0n) is 13.5. The molecule has 3 nitrogen and oxygen atoms in total. The Balaban J connectivity index is 0.000000312. The fourth-order valence-corrected chi connectivity index (χ4v) is 2.16. The van der Waals surface area contributed by atoms with Crippen molar-refractivity contribution >= 4 is 5.78 Å². The molecule has 2 aliphatic carbocycles. The number of nitrogens with zero attached hydrogens (tertiary/aromatic N) is 1. The Kier molecular flexibility index (Phi) is 8.03. The van der Waals surface area contributed by atoms with E-state index in [1.807, 2.05) is 48.7 Å². The van der Waals surface area contributed by atoms with Gasteiger partial charge in [0.1, 0.15) is 0 Å². The number of rotatable bonds is 2. The van der Waals surface area contributed by atoms with E-state index in [1.54, 1.807) is 0 Å². The minimum atomic E-state index is -0.125. The summed E-state index contributed by atoms with van der Waals surface area (Å²) >= 11 is 0. The summed E-state index contributed by atoms with van der Waals surface area (Å²) in [7, 11) is 0. The van der Waals surface area contributed by atoms with Crippen LogP contribution in [-0.4, -0.2) is 15.9 Å². The zero-order chi connectivity index (χ0) is 16.7. The van der Waals surface area contributed by atoms with Crippen LogP contribution < -0.4 is 0 Å². The van der Waals surface area contributed by atoms with Gasteiger partial charge in [0.2, 0.25) is 0 Å². The Bertz CT molecular complexity index is 781. The Morgan fingerprint density at radius 2 is 1.79 bits per heavy atom. The van der Waals surface area contributed by atoms with Gasteiger partial charge in [-0.2, -0.15) is 0 Å². The van der Waals surface area contributed by atoms with E-state index in [0.717, 1.165) is 11.3 Å². The van der Waals surface area contributed by atoms with E-state index in [0.29, 0.717) is 0 Å². The molecule has 1 aromatic heterocycles. The normalized spacial score (nSPS) is 10.3. The topological polar surface area (TPSA) is 50.2 Å². The van der Waals surface area contributed by atoms with E-state index in [-0.39, 0.29) is 31.6 Å². The molecule has 0 saturated carbocycles. The summed E-state index contributed by atoms with van der Waals surface area (Å²) in [6.07, 6.45) is 2.98. The molecule has 0 aliphatic heterocycles. The minimum Gasteiger partial charge on any atom is -0.512 e. The summed E-state index contributed by atoms with van der Waals surface area (Å²) < 4.78 is 0. The summed E-state index contributed by atoms with van der Waals surface area (Å²) in [4.78, 5) is 14.4. The third-order valence-electron chi connectivity index (χ3n) is 3.05. The molecule has 1 heterocycles. The van der Waals surface area contributed by atoms with Crippen molar-refractivity contribution in [3.63, 3.8) is 0 Å². The predicted octanol–water partition coefficient (Wildman–Crippen LogP) is 4.69. The average molecular weight is 497 g/mol. The third kappa shape index (κ3) is 5.73. The second kappa shape index (κ2) is 9.76. The average Bonchev–Trinajstić information content (AvgIpc) is 2.76. The van der Waals surface area contributed by atoms with E-state index < -0.39 is 0 Å². The standard InChI is InChI=1S/C15H10N.C5H8O2.Ir/c1-2-6-12-9-10-14(13(12)7-3-1)15-8-4-5-11-16-15;1-4(6)3-5(2)7;/h1-9,11H;3,6H,1-2H3;/q-1;;. The minimum absolute atomic E-state index is 0. The number of hydrogen-bond donors (Lipinski definition) is 1. The number of allylic oxidation sites excluding steroid dienone is 2. The van der Waals surface area contributed by atoms with Crippen molar-refractivity contribution in [1.29, 1.82) is 0 Å². The van der Waals surface area contributed by atoms with Crippen LogP contribution in [0.4, 0.5) is 0 Å². The van der Waals surface area contributed by atoms with Gasteiger partial charge in [0, 0.05) is 32.4 Å². The van der Waals surface area contributed by atoms with Crippen molar-refractivity contribution in [2.24, 2.45) is 0 Å². The number of carbonyl (C=O) groups excluding carboxylic acids is 1. The van der Waals surface area contributed by atoms with Gasteiger partial charge in [-0.1, -0.05) is 30.3 Å². The summed E-state index contributed by atoms with van der Waals surface area (Å²) in [5.41, 5.74) is 4.45. The van der Waals surface area contributed by atoms with Crippen molar-refractivity contribution in [3.05, 3.63) is 78.7 Å². The van der Waals surface area contributed by atoms with E-state index in [1.165, 1.54) is 31.1 Å². The Morgan fingerprint density at radius 1 is 1.08 bits per heavy atom. The van der Waals surface area contributed by atoms with Gasteiger partial charge < -0.3 is 10.1 Å². The van der Waals surface area contributed by atoms with E-state index in [9.17, 15) is 4.79 Å². The van der Waals surface area contributed by atoms with Crippen LogP contribution in [0.3, 0.4) is 0 Å². The molecule has 0 atom stereocenters. The van der Waals surface area contributed by atoms with Gasteiger partial charge in [-0.05, 0) is 25.6 Å². The van der Waals surface area contributed by atoms with Gasteiger partial charge in [0.25, 0.3) is 0 Å². The zero-order valence-corrected chi connectivity index (χ0v) is 15.9. The van der Waals surface area contributed by atoms with Gasteiger partial charge in [-0.15, -0.1) is 41.0 Å². The summed E-state index contributed by atoms with van der Waals surface area (Å²) in [5.74, 6) is -0.0625. The van der Waals surface area contributed by atoms with Crippen LogP contribution in [0, 0.1) is 6.07 Å². The second-order valence-corrected chi connectivity index (χ2v) is 5.05. The molecule has 0 fully saturated rings. The van der Waals surface area contributed by atoms with Crippen LogP contribution in [0.2, 0.25) is 0 Å². The maximum Gasteiger partial charge on any atom is 0.155 e. The molecule has 0 unspecified atom stereocenters. The first-order valence-corrected chi connectivity index (χ1v) is 7.26. The monoisotopic (exact) mass is 497 g/mol. The number of carbonyl (C=O) groups is 1. The molecule has 4 heteroatoms. The molecule has 0 spiro atoms. The van der Waals surface area contributed by atoms with Crippen molar-refractivity contribution in [2.45, 2.75) is 13.8 Å². The molecule has 1 aromatic rings. The van der Waals surface area contributed by atoms with Crippen LogP contribution >= 0.6 is 0 Å². The third-order valence-corrected chi connectivity index (χ3v) is 3.05. The maximum atomic E-state index is 10.0. The van der Waals surface area contributed by atoms with Crippen molar-refractivity contribution < 1.29 is 30.0 Å². The number of ketones is 1. The smallest absolute Gasteiger partial charge is 0.155 e. The molecule has 0 bridgehead atoms. The number of aliphatic hydroxyl groups excluding tert-OH is 1. The van der Waals surface area contributed by atoms with Crippen LogP contribution in [0.25, 0.3) is 22.4 Å². The number of hydrogen-bond acceptors (Lipinski definition) is 3. The molecule has 1 N–H and O–H groups in total. The molecule has 3 rings (SSSR count). The van der Waals surface area contributed by atoms with Gasteiger partial charge in [0.15, 0.2) is 5.78 Å². The first-order chi connectivity index (χ1) is 11.1. The fourth-order valence-electron chi connectivity index (χ4n) is 2.16. The number of aromatic nitrogens is 1. The number of pyridine rings is 1. The van der Waals surface area contributed by atoms with Crippen molar-refractivity contribution in [1.82, 2.24) is 4.98 Å². The molecule has 0 saturated heterocycles. The Morgan fingerprint density at radius 3 is 2.38 bits per heavy atom. The summed E-state index contributed by atoms with van der Waals surface area (Å²) in [6.45, 7) is 2.85. The fraction of sp³-hybridized carbons (Fsp3) is 0.100.